The van der Waals surface area contributed by atoms with E-state index in [1.807, 2.05) is 0 Å². The Morgan fingerprint density at radius 1 is 1.09 bits per heavy atom. The highest BCUT2D eigenvalue weighted by atomic mass is 16.5. The number of urea groups is 1. The molecule has 1 atom stereocenters. The third kappa shape index (κ3) is 2.41. The smallest absolute Gasteiger partial charge is 0.338 e. The van der Waals surface area contributed by atoms with Gasteiger partial charge >= 0.3 is 12.0 Å². The highest BCUT2D eigenvalue weighted by Crippen LogP contribution is 2.42. The third-order valence-electron chi connectivity index (χ3n) is 3.74. The zero-order valence-corrected chi connectivity index (χ0v) is 12.9. The van der Waals surface area contributed by atoms with Gasteiger partial charge in [0.25, 0.3) is 0 Å². The second kappa shape index (κ2) is 5.71. The van der Waals surface area contributed by atoms with E-state index in [2.05, 4.69) is 10.6 Å². The highest BCUT2D eigenvalue weighted by Gasteiger charge is 2.38. The van der Waals surface area contributed by atoms with Gasteiger partial charge in [0.2, 0.25) is 5.75 Å². The van der Waals surface area contributed by atoms with Crippen LogP contribution < -0.4 is 24.8 Å². The zero-order chi connectivity index (χ0) is 16.6. The van der Waals surface area contributed by atoms with Crippen LogP contribution >= 0.6 is 0 Å². The zero-order valence-electron chi connectivity index (χ0n) is 12.9. The largest absolute Gasteiger partial charge is 0.493 e. The molecule has 122 valence electrons. The summed E-state index contributed by atoms with van der Waals surface area (Å²) in [6.45, 7) is 0.0580. The van der Waals surface area contributed by atoms with E-state index in [0.29, 0.717) is 34.1 Å². The Hall–Kier alpha value is -2.90. The average molecular weight is 320 g/mol. The molecule has 2 N–H and O–H groups in total. The molecular formula is C15H16N2O6. The molecule has 1 aromatic carbocycles. The Morgan fingerprint density at radius 3 is 2.30 bits per heavy atom. The Balaban J connectivity index is 2.12. The molecule has 2 aliphatic rings. The van der Waals surface area contributed by atoms with E-state index in [1.165, 1.54) is 21.3 Å². The van der Waals surface area contributed by atoms with Gasteiger partial charge in [-0.25, -0.2) is 9.59 Å². The molecule has 8 heteroatoms. The first-order valence-corrected chi connectivity index (χ1v) is 6.86. The number of hydrogen-bond acceptors (Lipinski definition) is 6. The molecule has 0 aromatic heterocycles. The molecular weight excluding hydrogens is 304 g/mol. The first-order chi connectivity index (χ1) is 11.1. The second-order valence-corrected chi connectivity index (χ2v) is 4.96. The first-order valence-electron chi connectivity index (χ1n) is 6.86. The molecule has 2 heterocycles. The summed E-state index contributed by atoms with van der Waals surface area (Å²) in [5.41, 5.74) is 1.47. The molecule has 23 heavy (non-hydrogen) atoms. The molecule has 0 aliphatic carbocycles. The van der Waals surface area contributed by atoms with E-state index in [9.17, 15) is 9.59 Å². The van der Waals surface area contributed by atoms with E-state index in [1.54, 1.807) is 12.1 Å². The fourth-order valence-electron chi connectivity index (χ4n) is 2.71. The summed E-state index contributed by atoms with van der Waals surface area (Å²) in [4.78, 5) is 23.8. The third-order valence-corrected chi connectivity index (χ3v) is 3.74. The van der Waals surface area contributed by atoms with E-state index >= 15 is 0 Å². The predicted octanol–water partition coefficient (Wildman–Crippen LogP) is 0.877. The monoisotopic (exact) mass is 320 g/mol. The van der Waals surface area contributed by atoms with Gasteiger partial charge in [-0.2, -0.15) is 0 Å². The van der Waals surface area contributed by atoms with Crippen LogP contribution in [0, 0.1) is 0 Å². The average Bonchev–Trinajstić information content (AvgIpc) is 2.93. The van der Waals surface area contributed by atoms with Crippen LogP contribution in [-0.2, 0) is 9.53 Å². The number of rotatable bonds is 4. The van der Waals surface area contributed by atoms with E-state index in [0.717, 1.165) is 0 Å². The van der Waals surface area contributed by atoms with Crippen molar-refractivity contribution >= 4 is 12.0 Å². The quantitative estimate of drug-likeness (QED) is 0.800. The minimum absolute atomic E-state index is 0.0580. The number of amides is 2. The van der Waals surface area contributed by atoms with Gasteiger partial charge in [0.15, 0.2) is 11.5 Å². The van der Waals surface area contributed by atoms with Crippen molar-refractivity contribution in [1.29, 1.82) is 0 Å². The second-order valence-electron chi connectivity index (χ2n) is 4.96. The first kappa shape index (κ1) is 15.0. The maximum absolute atomic E-state index is 12.0. The van der Waals surface area contributed by atoms with Gasteiger partial charge in [0, 0.05) is 0 Å². The molecule has 0 radical (unpaired) electrons. The Kier molecular flexibility index (Phi) is 3.73. The fourth-order valence-corrected chi connectivity index (χ4v) is 2.71. The lowest BCUT2D eigenvalue weighted by Gasteiger charge is -2.25. The number of benzene rings is 1. The Labute approximate surface area is 132 Å². The molecule has 0 saturated carbocycles. The maximum atomic E-state index is 12.0. The van der Waals surface area contributed by atoms with E-state index in [-0.39, 0.29) is 6.61 Å². The van der Waals surface area contributed by atoms with Crippen molar-refractivity contribution in [3.8, 4) is 17.2 Å². The highest BCUT2D eigenvalue weighted by molar-refractivity contribution is 5.97. The molecule has 3 rings (SSSR count). The van der Waals surface area contributed by atoms with E-state index < -0.39 is 18.0 Å². The van der Waals surface area contributed by atoms with Gasteiger partial charge in [0.05, 0.1) is 38.6 Å². The van der Waals surface area contributed by atoms with Gasteiger partial charge < -0.3 is 29.6 Å². The number of ether oxygens (including phenoxy) is 4. The van der Waals surface area contributed by atoms with Crippen LogP contribution in [0.5, 0.6) is 17.2 Å². The summed E-state index contributed by atoms with van der Waals surface area (Å²) >= 11 is 0. The van der Waals surface area contributed by atoms with Crippen LogP contribution in [0.1, 0.15) is 11.6 Å². The molecule has 0 fully saturated rings. The van der Waals surface area contributed by atoms with Gasteiger partial charge in [-0.05, 0) is 17.7 Å². The lowest BCUT2D eigenvalue weighted by Crippen LogP contribution is -2.44. The van der Waals surface area contributed by atoms with Crippen LogP contribution in [-0.4, -0.2) is 39.9 Å². The van der Waals surface area contributed by atoms with Crippen LogP contribution in [0.4, 0.5) is 4.79 Å². The number of carbonyl (C=O) groups excluding carboxylic acids is 2. The minimum atomic E-state index is -0.651. The van der Waals surface area contributed by atoms with Crippen molar-refractivity contribution < 1.29 is 28.5 Å². The molecule has 0 spiro atoms. The molecule has 1 aromatic rings. The van der Waals surface area contributed by atoms with Gasteiger partial charge in [-0.15, -0.1) is 0 Å². The van der Waals surface area contributed by atoms with Crippen LogP contribution in [0.2, 0.25) is 0 Å². The Bertz CT molecular complexity index is 687. The van der Waals surface area contributed by atoms with E-state index in [4.69, 9.17) is 18.9 Å². The summed E-state index contributed by atoms with van der Waals surface area (Å²) in [5, 5.41) is 5.30. The number of hydrogen-bond donors (Lipinski definition) is 2. The molecule has 0 bridgehead atoms. The number of esters is 1. The van der Waals surface area contributed by atoms with Gasteiger partial charge in [-0.3, -0.25) is 0 Å². The van der Waals surface area contributed by atoms with Crippen LogP contribution in [0.3, 0.4) is 0 Å². The number of cyclic esters (lactones) is 1. The SMILES string of the molecule is COc1cc([C@H]2NC(=O)NC3=C2C(=O)OC3)cc(OC)c1OC. The topological polar surface area (TPSA) is 95.1 Å². The maximum Gasteiger partial charge on any atom is 0.338 e. The molecule has 8 nitrogen and oxygen atoms in total. The predicted molar refractivity (Wildman–Crippen MR) is 78.5 cm³/mol. The minimum Gasteiger partial charge on any atom is -0.493 e. The normalized spacial score (nSPS) is 19.5. The number of nitrogens with one attached hydrogen (secondary N) is 2. The van der Waals surface area contributed by atoms with Crippen molar-refractivity contribution in [2.75, 3.05) is 27.9 Å². The van der Waals surface area contributed by atoms with Crippen molar-refractivity contribution in [1.82, 2.24) is 10.6 Å². The standard InChI is InChI=1S/C15H16N2O6/c1-20-9-4-7(5-10(21-2)13(9)22-3)12-11-8(6-23-14(11)18)16-15(19)17-12/h4-5,12H,6H2,1-3H3,(H2,16,17,19)/t12-/m1/s1. The molecule has 0 unspecified atom stereocenters. The number of methoxy groups -OCH3 is 3. The molecule has 2 aliphatic heterocycles. The van der Waals surface area contributed by atoms with Crippen LogP contribution in [0.25, 0.3) is 0 Å². The summed E-state index contributed by atoms with van der Waals surface area (Å²) in [7, 11) is 4.49. The molecule has 0 saturated heterocycles. The summed E-state index contributed by atoms with van der Waals surface area (Å²) in [6.07, 6.45) is 0. The lowest BCUT2D eigenvalue weighted by molar-refractivity contribution is -0.136. The Morgan fingerprint density at radius 2 is 1.74 bits per heavy atom. The summed E-state index contributed by atoms with van der Waals surface area (Å²) < 4.78 is 20.9. The van der Waals surface area contributed by atoms with Gasteiger partial charge in [-0.1, -0.05) is 0 Å². The van der Waals surface area contributed by atoms with Crippen molar-refractivity contribution in [2.45, 2.75) is 6.04 Å². The number of carbonyl (C=O) groups is 2. The summed E-state index contributed by atoms with van der Waals surface area (Å²) in [5.74, 6) is 0.833. The van der Waals surface area contributed by atoms with Crippen molar-refractivity contribution in [2.24, 2.45) is 0 Å². The van der Waals surface area contributed by atoms with Crippen molar-refractivity contribution in [3.63, 3.8) is 0 Å². The molecule has 2 amide bonds. The fraction of sp³-hybridized carbons (Fsp3) is 0.333. The summed E-state index contributed by atoms with van der Waals surface area (Å²) in [6, 6.07) is 2.32. The van der Waals surface area contributed by atoms with Crippen LogP contribution in [0.15, 0.2) is 23.4 Å². The lowest BCUT2D eigenvalue weighted by atomic mass is 9.95. The van der Waals surface area contributed by atoms with Gasteiger partial charge in [0.1, 0.15) is 6.61 Å². The van der Waals surface area contributed by atoms with Crippen molar-refractivity contribution in [3.05, 3.63) is 29.0 Å².